The van der Waals surface area contributed by atoms with Crippen LogP contribution in [0.2, 0.25) is 0 Å². The lowest BCUT2D eigenvalue weighted by atomic mass is 10.0. The van der Waals surface area contributed by atoms with E-state index in [-0.39, 0.29) is 0 Å². The fraction of sp³-hybridized carbons (Fsp3) is 1.00. The Balaban J connectivity index is 2.87. The van der Waals surface area contributed by atoms with Crippen molar-refractivity contribution in [2.75, 3.05) is 13.2 Å². The molecule has 0 aliphatic carbocycles. The van der Waals surface area contributed by atoms with E-state index in [0.29, 0.717) is 0 Å². The molecule has 1 nitrogen and oxygen atoms in total. The van der Waals surface area contributed by atoms with E-state index in [2.05, 4.69) is 20.8 Å². The molecule has 0 rings (SSSR count). The van der Waals surface area contributed by atoms with Gasteiger partial charge in [-0.3, -0.25) is 0 Å². The van der Waals surface area contributed by atoms with Gasteiger partial charge in [-0.15, -0.1) is 0 Å². The van der Waals surface area contributed by atoms with Crippen LogP contribution in [0.3, 0.4) is 0 Å². The molecule has 0 aliphatic heterocycles. The van der Waals surface area contributed by atoms with Gasteiger partial charge in [-0.05, 0) is 19.3 Å². The standard InChI is InChI=1S/C14H30O/c1-4-15-13-11-9-7-5-6-8-10-12-14(2)3/h14H,4-13H2,1-3H3. The molecule has 0 N–H and O–H groups in total. The van der Waals surface area contributed by atoms with E-state index >= 15 is 0 Å². The second-order valence-electron chi connectivity index (χ2n) is 4.85. The number of unbranched alkanes of at least 4 members (excludes halogenated alkanes) is 6. The monoisotopic (exact) mass is 214 g/mol. The Bertz CT molecular complexity index is 110. The third-order valence-corrected chi connectivity index (χ3v) is 2.77. The van der Waals surface area contributed by atoms with E-state index in [1.54, 1.807) is 0 Å². The van der Waals surface area contributed by atoms with Crippen LogP contribution in [0.25, 0.3) is 0 Å². The summed E-state index contributed by atoms with van der Waals surface area (Å²) in [6.45, 7) is 8.52. The van der Waals surface area contributed by atoms with Gasteiger partial charge in [0.15, 0.2) is 0 Å². The Morgan fingerprint density at radius 3 is 1.87 bits per heavy atom. The molecule has 0 fully saturated rings. The summed E-state index contributed by atoms with van der Waals surface area (Å²) in [5.41, 5.74) is 0. The van der Waals surface area contributed by atoms with E-state index in [1.165, 1.54) is 51.4 Å². The normalized spacial score (nSPS) is 11.2. The van der Waals surface area contributed by atoms with Gasteiger partial charge in [0.25, 0.3) is 0 Å². The number of ether oxygens (including phenoxy) is 1. The van der Waals surface area contributed by atoms with Crippen LogP contribution in [-0.2, 0) is 4.74 Å². The summed E-state index contributed by atoms with van der Waals surface area (Å²) in [6.07, 6.45) is 11.1. The van der Waals surface area contributed by atoms with Crippen molar-refractivity contribution < 1.29 is 4.74 Å². The van der Waals surface area contributed by atoms with E-state index in [0.717, 1.165) is 19.1 Å². The molecule has 0 heterocycles. The minimum Gasteiger partial charge on any atom is -0.382 e. The first-order valence-electron chi connectivity index (χ1n) is 6.85. The summed E-state index contributed by atoms with van der Waals surface area (Å²) in [5, 5.41) is 0. The smallest absolute Gasteiger partial charge is 0.0465 e. The summed E-state index contributed by atoms with van der Waals surface area (Å²) in [6, 6.07) is 0. The molecule has 0 atom stereocenters. The van der Waals surface area contributed by atoms with Crippen molar-refractivity contribution >= 4 is 0 Å². The highest BCUT2D eigenvalue weighted by atomic mass is 16.5. The minimum absolute atomic E-state index is 0.870. The minimum atomic E-state index is 0.870. The van der Waals surface area contributed by atoms with Crippen LogP contribution >= 0.6 is 0 Å². The SMILES string of the molecule is CCOCCCCCCCCCC(C)C. The zero-order chi connectivity index (χ0) is 11.4. The van der Waals surface area contributed by atoms with Crippen molar-refractivity contribution in [1.82, 2.24) is 0 Å². The van der Waals surface area contributed by atoms with Crippen molar-refractivity contribution in [3.8, 4) is 0 Å². The van der Waals surface area contributed by atoms with E-state index in [4.69, 9.17) is 4.74 Å². The quantitative estimate of drug-likeness (QED) is 0.449. The Morgan fingerprint density at radius 2 is 1.33 bits per heavy atom. The van der Waals surface area contributed by atoms with Crippen LogP contribution in [-0.4, -0.2) is 13.2 Å². The molecule has 0 aliphatic rings. The van der Waals surface area contributed by atoms with Crippen molar-refractivity contribution in [3.63, 3.8) is 0 Å². The fourth-order valence-electron chi connectivity index (χ4n) is 1.78. The predicted octanol–water partition coefficient (Wildman–Crippen LogP) is 4.80. The molecule has 1 heteroatoms. The lowest BCUT2D eigenvalue weighted by molar-refractivity contribution is 0.143. The van der Waals surface area contributed by atoms with Gasteiger partial charge < -0.3 is 4.74 Å². The maximum Gasteiger partial charge on any atom is 0.0465 e. The van der Waals surface area contributed by atoms with E-state index < -0.39 is 0 Å². The molecule has 0 amide bonds. The molecule has 0 aromatic heterocycles. The highest BCUT2D eigenvalue weighted by Crippen LogP contribution is 2.11. The predicted molar refractivity (Wildman–Crippen MR) is 68.3 cm³/mol. The van der Waals surface area contributed by atoms with E-state index in [9.17, 15) is 0 Å². The average molecular weight is 214 g/mol. The molecule has 0 saturated carbocycles. The largest absolute Gasteiger partial charge is 0.382 e. The molecule has 92 valence electrons. The van der Waals surface area contributed by atoms with Gasteiger partial charge in [-0.1, -0.05) is 58.8 Å². The number of hydrogen-bond acceptors (Lipinski definition) is 1. The van der Waals surface area contributed by atoms with Crippen LogP contribution in [0.15, 0.2) is 0 Å². The van der Waals surface area contributed by atoms with E-state index in [1.807, 2.05) is 0 Å². The highest BCUT2D eigenvalue weighted by molar-refractivity contribution is 4.49. The van der Waals surface area contributed by atoms with Crippen molar-refractivity contribution in [3.05, 3.63) is 0 Å². The maximum absolute atomic E-state index is 5.30. The molecule has 0 saturated heterocycles. The molecule has 0 spiro atoms. The summed E-state index contributed by atoms with van der Waals surface area (Å²) < 4.78 is 5.30. The lowest BCUT2D eigenvalue weighted by Gasteiger charge is -2.04. The molecule has 0 aromatic rings. The third-order valence-electron chi connectivity index (χ3n) is 2.77. The van der Waals surface area contributed by atoms with Crippen LogP contribution in [0, 0.1) is 5.92 Å². The number of rotatable bonds is 11. The fourth-order valence-corrected chi connectivity index (χ4v) is 1.78. The highest BCUT2D eigenvalue weighted by Gasteiger charge is 1.94. The van der Waals surface area contributed by atoms with Gasteiger partial charge in [0.2, 0.25) is 0 Å². The van der Waals surface area contributed by atoms with Crippen LogP contribution < -0.4 is 0 Å². The molecule has 0 aromatic carbocycles. The zero-order valence-electron chi connectivity index (χ0n) is 11.1. The van der Waals surface area contributed by atoms with Crippen molar-refractivity contribution in [2.45, 2.75) is 72.1 Å². The van der Waals surface area contributed by atoms with Crippen LogP contribution in [0.1, 0.15) is 72.1 Å². The Hall–Kier alpha value is -0.0400. The first-order chi connectivity index (χ1) is 7.27. The van der Waals surface area contributed by atoms with Gasteiger partial charge in [0.1, 0.15) is 0 Å². The van der Waals surface area contributed by atoms with Crippen LogP contribution in [0.5, 0.6) is 0 Å². The van der Waals surface area contributed by atoms with Crippen molar-refractivity contribution in [1.29, 1.82) is 0 Å². The van der Waals surface area contributed by atoms with Gasteiger partial charge in [0.05, 0.1) is 0 Å². The Labute approximate surface area is 96.6 Å². The first kappa shape index (κ1) is 15.0. The van der Waals surface area contributed by atoms with Gasteiger partial charge in [0, 0.05) is 13.2 Å². The maximum atomic E-state index is 5.30. The third kappa shape index (κ3) is 14.0. The topological polar surface area (TPSA) is 9.23 Å². The molecular weight excluding hydrogens is 184 g/mol. The zero-order valence-corrected chi connectivity index (χ0v) is 11.1. The number of hydrogen-bond donors (Lipinski definition) is 0. The molecule has 0 bridgehead atoms. The molecule has 0 unspecified atom stereocenters. The van der Waals surface area contributed by atoms with Crippen LogP contribution in [0.4, 0.5) is 0 Å². The Morgan fingerprint density at radius 1 is 0.800 bits per heavy atom. The molecule has 0 radical (unpaired) electrons. The summed E-state index contributed by atoms with van der Waals surface area (Å²) in [4.78, 5) is 0. The van der Waals surface area contributed by atoms with Gasteiger partial charge in [-0.25, -0.2) is 0 Å². The second kappa shape index (κ2) is 12.0. The molecular formula is C14H30O. The van der Waals surface area contributed by atoms with Crippen molar-refractivity contribution in [2.24, 2.45) is 5.92 Å². The van der Waals surface area contributed by atoms with Gasteiger partial charge in [-0.2, -0.15) is 0 Å². The summed E-state index contributed by atoms with van der Waals surface area (Å²) in [7, 11) is 0. The summed E-state index contributed by atoms with van der Waals surface area (Å²) >= 11 is 0. The first-order valence-corrected chi connectivity index (χ1v) is 6.85. The molecule has 15 heavy (non-hydrogen) atoms. The lowest BCUT2D eigenvalue weighted by Crippen LogP contribution is -1.93. The summed E-state index contributed by atoms with van der Waals surface area (Å²) in [5.74, 6) is 0.885. The van der Waals surface area contributed by atoms with Gasteiger partial charge >= 0.3 is 0 Å². The second-order valence-corrected chi connectivity index (χ2v) is 4.85. The Kier molecular flexibility index (Phi) is 12.0. The average Bonchev–Trinajstić information content (AvgIpc) is 2.20.